The van der Waals surface area contributed by atoms with Crippen LogP contribution in [-0.2, 0) is 14.3 Å². The Morgan fingerprint density at radius 1 is 1.21 bits per heavy atom. The number of amides is 2. The molecule has 7 heteroatoms. The van der Waals surface area contributed by atoms with Gasteiger partial charge in [-0.2, -0.15) is 0 Å². The fraction of sp³-hybridized carbons (Fsp3) is 0.471. The summed E-state index contributed by atoms with van der Waals surface area (Å²) in [5.41, 5.74) is 0.876. The fourth-order valence-corrected chi connectivity index (χ4v) is 3.17. The highest BCUT2D eigenvalue weighted by molar-refractivity contribution is 5.99. The lowest BCUT2D eigenvalue weighted by Gasteiger charge is -2.21. The summed E-state index contributed by atoms with van der Waals surface area (Å²) in [5.74, 6) is -1.53. The van der Waals surface area contributed by atoms with Gasteiger partial charge in [-0.25, -0.2) is 4.79 Å². The molecule has 7 nitrogen and oxygen atoms in total. The minimum Gasteiger partial charge on any atom is -0.480 e. The number of nitrogens with zero attached hydrogens (tertiary/aromatic N) is 1. The number of aliphatic carboxylic acids is 1. The molecule has 0 saturated carbocycles. The molecule has 2 saturated heterocycles. The van der Waals surface area contributed by atoms with Crippen LogP contribution in [0.4, 0.5) is 5.69 Å². The second kappa shape index (κ2) is 7.00. The minimum absolute atomic E-state index is 0.221. The topological polar surface area (TPSA) is 95.9 Å². The predicted octanol–water partition coefficient (Wildman–Crippen LogP) is 1.49. The third-order valence-electron chi connectivity index (χ3n) is 4.40. The van der Waals surface area contributed by atoms with Gasteiger partial charge in [-0.15, -0.1) is 0 Å². The van der Waals surface area contributed by atoms with Crippen LogP contribution in [0.3, 0.4) is 0 Å². The van der Waals surface area contributed by atoms with Gasteiger partial charge in [-0.3, -0.25) is 9.59 Å². The van der Waals surface area contributed by atoms with Gasteiger partial charge in [-0.1, -0.05) is 6.07 Å². The van der Waals surface area contributed by atoms with Gasteiger partial charge in [0.05, 0.1) is 0 Å². The van der Waals surface area contributed by atoms with Gasteiger partial charge in [0.1, 0.15) is 12.1 Å². The van der Waals surface area contributed by atoms with Crippen molar-refractivity contribution >= 4 is 23.5 Å². The van der Waals surface area contributed by atoms with E-state index in [4.69, 9.17) is 4.74 Å². The highest BCUT2D eigenvalue weighted by Crippen LogP contribution is 2.22. The molecule has 0 radical (unpaired) electrons. The average Bonchev–Trinajstić information content (AvgIpc) is 3.25. The predicted molar refractivity (Wildman–Crippen MR) is 85.7 cm³/mol. The van der Waals surface area contributed by atoms with Gasteiger partial charge in [0.15, 0.2) is 0 Å². The van der Waals surface area contributed by atoms with Crippen LogP contribution in [0.1, 0.15) is 36.0 Å². The van der Waals surface area contributed by atoms with Crippen LogP contribution < -0.4 is 5.32 Å². The van der Waals surface area contributed by atoms with E-state index < -0.39 is 18.1 Å². The summed E-state index contributed by atoms with van der Waals surface area (Å²) in [6, 6.07) is 5.79. The summed E-state index contributed by atoms with van der Waals surface area (Å²) in [4.78, 5) is 37.3. The Balaban J connectivity index is 1.71. The number of carboxylic acids is 1. The summed E-state index contributed by atoms with van der Waals surface area (Å²) < 4.78 is 5.33. The molecule has 2 N–H and O–H groups in total. The van der Waals surface area contributed by atoms with Crippen molar-refractivity contribution in [2.75, 3.05) is 18.5 Å². The molecule has 2 fully saturated rings. The summed E-state index contributed by atoms with van der Waals surface area (Å²) in [5, 5.41) is 12.0. The number of hydrogen-bond acceptors (Lipinski definition) is 4. The van der Waals surface area contributed by atoms with E-state index in [-0.39, 0.29) is 11.8 Å². The maximum Gasteiger partial charge on any atom is 0.326 e. The lowest BCUT2D eigenvalue weighted by atomic mass is 10.1. The monoisotopic (exact) mass is 332 g/mol. The molecule has 0 aromatic heterocycles. The molecule has 2 aliphatic heterocycles. The van der Waals surface area contributed by atoms with E-state index in [9.17, 15) is 19.5 Å². The fourth-order valence-electron chi connectivity index (χ4n) is 3.17. The Morgan fingerprint density at radius 3 is 2.75 bits per heavy atom. The molecule has 3 rings (SSSR count). The zero-order valence-electron chi connectivity index (χ0n) is 13.2. The number of anilines is 1. The molecular weight excluding hydrogens is 312 g/mol. The van der Waals surface area contributed by atoms with Crippen LogP contribution in [0, 0.1) is 0 Å². The first-order valence-electron chi connectivity index (χ1n) is 8.12. The second-order valence-corrected chi connectivity index (χ2v) is 6.07. The van der Waals surface area contributed by atoms with Gasteiger partial charge >= 0.3 is 5.97 Å². The maximum absolute atomic E-state index is 12.6. The molecule has 1 aromatic rings. The van der Waals surface area contributed by atoms with E-state index in [1.807, 2.05) is 0 Å². The summed E-state index contributed by atoms with van der Waals surface area (Å²) in [6.45, 7) is 1.02. The lowest BCUT2D eigenvalue weighted by molar-refractivity contribution is -0.141. The van der Waals surface area contributed by atoms with E-state index in [1.165, 1.54) is 4.90 Å². The summed E-state index contributed by atoms with van der Waals surface area (Å²) in [7, 11) is 0. The minimum atomic E-state index is -0.983. The van der Waals surface area contributed by atoms with Crippen molar-refractivity contribution in [1.29, 1.82) is 0 Å². The lowest BCUT2D eigenvalue weighted by Crippen LogP contribution is -2.40. The Labute approximate surface area is 139 Å². The zero-order valence-corrected chi connectivity index (χ0v) is 13.2. The molecular formula is C17H20N2O5. The summed E-state index contributed by atoms with van der Waals surface area (Å²) >= 11 is 0. The van der Waals surface area contributed by atoms with Crippen molar-refractivity contribution in [2.45, 2.75) is 37.8 Å². The number of likely N-dealkylation sites (tertiary alicyclic amines) is 1. The van der Waals surface area contributed by atoms with Crippen molar-refractivity contribution < 1.29 is 24.2 Å². The van der Waals surface area contributed by atoms with Crippen molar-refractivity contribution in [2.24, 2.45) is 0 Å². The number of benzene rings is 1. The molecule has 1 unspecified atom stereocenters. The van der Waals surface area contributed by atoms with E-state index in [1.54, 1.807) is 24.3 Å². The molecule has 0 spiro atoms. The Kier molecular flexibility index (Phi) is 4.80. The highest BCUT2D eigenvalue weighted by Gasteiger charge is 2.34. The quantitative estimate of drug-likeness (QED) is 0.871. The van der Waals surface area contributed by atoms with Crippen molar-refractivity contribution in [1.82, 2.24) is 4.90 Å². The first kappa shape index (κ1) is 16.4. The Morgan fingerprint density at radius 2 is 2.04 bits per heavy atom. The Hall–Kier alpha value is -2.41. The summed E-state index contributed by atoms with van der Waals surface area (Å²) in [6.07, 6.45) is 2.26. The number of carbonyl (C=O) groups is 3. The van der Waals surface area contributed by atoms with Crippen LogP contribution in [0.15, 0.2) is 24.3 Å². The van der Waals surface area contributed by atoms with Crippen LogP contribution in [0.25, 0.3) is 0 Å². The van der Waals surface area contributed by atoms with E-state index in [0.717, 1.165) is 6.42 Å². The SMILES string of the molecule is O=C(Nc1cccc(C(=O)N2CCC[C@H]2C(=O)O)c1)C1CCCO1. The molecule has 128 valence electrons. The largest absolute Gasteiger partial charge is 0.480 e. The number of ether oxygens (including phenoxy) is 1. The third kappa shape index (κ3) is 3.41. The standard InChI is InChI=1S/C17H20N2O5/c20-15(14-7-3-9-24-14)18-12-5-1-4-11(10-12)16(21)19-8-2-6-13(19)17(22)23/h1,4-5,10,13-14H,2-3,6-9H2,(H,18,20)(H,22,23)/t13-,14?/m0/s1. The first-order chi connectivity index (χ1) is 11.6. The first-order valence-corrected chi connectivity index (χ1v) is 8.12. The van der Waals surface area contributed by atoms with E-state index in [2.05, 4.69) is 5.32 Å². The van der Waals surface area contributed by atoms with Gasteiger partial charge in [0, 0.05) is 24.4 Å². The number of carbonyl (C=O) groups excluding carboxylic acids is 2. The molecule has 0 bridgehead atoms. The van der Waals surface area contributed by atoms with Crippen LogP contribution in [0.5, 0.6) is 0 Å². The zero-order chi connectivity index (χ0) is 17.1. The number of rotatable bonds is 4. The molecule has 2 amide bonds. The molecule has 2 atom stereocenters. The maximum atomic E-state index is 12.6. The smallest absolute Gasteiger partial charge is 0.326 e. The normalized spacial score (nSPS) is 23.2. The van der Waals surface area contributed by atoms with Gasteiger partial charge in [0.25, 0.3) is 11.8 Å². The molecule has 2 heterocycles. The van der Waals surface area contributed by atoms with Crippen LogP contribution in [-0.4, -0.2) is 53.1 Å². The Bertz CT molecular complexity index is 654. The average molecular weight is 332 g/mol. The molecule has 2 aliphatic rings. The third-order valence-corrected chi connectivity index (χ3v) is 4.40. The van der Waals surface area contributed by atoms with Gasteiger partial charge in [-0.05, 0) is 43.9 Å². The number of hydrogen-bond donors (Lipinski definition) is 2. The van der Waals surface area contributed by atoms with Crippen LogP contribution in [0.2, 0.25) is 0 Å². The highest BCUT2D eigenvalue weighted by atomic mass is 16.5. The number of carboxylic acid groups (broad SMARTS) is 1. The van der Waals surface area contributed by atoms with E-state index >= 15 is 0 Å². The molecule has 1 aromatic carbocycles. The molecule has 24 heavy (non-hydrogen) atoms. The van der Waals surface area contributed by atoms with Crippen molar-refractivity contribution in [3.8, 4) is 0 Å². The number of nitrogens with one attached hydrogen (secondary N) is 1. The van der Waals surface area contributed by atoms with Gasteiger partial charge < -0.3 is 20.1 Å². The van der Waals surface area contributed by atoms with Crippen molar-refractivity contribution in [3.05, 3.63) is 29.8 Å². The molecule has 0 aliphatic carbocycles. The van der Waals surface area contributed by atoms with Gasteiger partial charge in [0.2, 0.25) is 0 Å². The van der Waals surface area contributed by atoms with Crippen molar-refractivity contribution in [3.63, 3.8) is 0 Å². The van der Waals surface area contributed by atoms with Crippen LogP contribution >= 0.6 is 0 Å². The second-order valence-electron chi connectivity index (χ2n) is 6.07. The van der Waals surface area contributed by atoms with E-state index in [0.29, 0.717) is 43.7 Å².